The number of aromatic amines is 1. The third kappa shape index (κ3) is 2.25. The molecular weight excluding hydrogens is 278 g/mol. The summed E-state index contributed by atoms with van der Waals surface area (Å²) in [6, 6.07) is 5.99. The Balaban J connectivity index is 1.65. The topological polar surface area (TPSA) is 50.3 Å². The fourth-order valence-corrected chi connectivity index (χ4v) is 3.35. The number of rotatable bonds is 3. The lowest BCUT2D eigenvalue weighted by Crippen LogP contribution is -2.44. The minimum Gasteiger partial charge on any atom is -0.377 e. The predicted octanol–water partition coefficient (Wildman–Crippen LogP) is 2.44. The Morgan fingerprint density at radius 3 is 2.95 bits per heavy atom. The number of nitrogens with one attached hydrogen (secondary N) is 1. The van der Waals surface area contributed by atoms with Crippen molar-refractivity contribution in [2.75, 3.05) is 19.8 Å². The SMILES string of the molecule is Cn1cccc1C1COCCN1C(=O)c1cc[nH]c1C1CC1. The van der Waals surface area contributed by atoms with Crippen molar-refractivity contribution in [1.29, 1.82) is 0 Å². The van der Waals surface area contributed by atoms with Gasteiger partial charge in [-0.1, -0.05) is 0 Å². The number of carbonyl (C=O) groups is 1. The molecular formula is C17H21N3O2. The van der Waals surface area contributed by atoms with Gasteiger partial charge in [-0.2, -0.15) is 0 Å². The van der Waals surface area contributed by atoms with Gasteiger partial charge in [0.2, 0.25) is 0 Å². The van der Waals surface area contributed by atoms with E-state index in [1.165, 1.54) is 12.8 Å². The highest BCUT2D eigenvalue weighted by Crippen LogP contribution is 2.41. The van der Waals surface area contributed by atoms with Crippen molar-refractivity contribution < 1.29 is 9.53 Å². The van der Waals surface area contributed by atoms with E-state index in [9.17, 15) is 4.79 Å². The molecule has 4 rings (SSSR count). The summed E-state index contributed by atoms with van der Waals surface area (Å²) in [7, 11) is 2.01. The molecule has 2 fully saturated rings. The molecule has 2 aromatic rings. The molecule has 1 unspecified atom stereocenters. The molecule has 1 aliphatic heterocycles. The summed E-state index contributed by atoms with van der Waals surface area (Å²) in [5.74, 6) is 0.668. The first-order chi connectivity index (χ1) is 10.8. The lowest BCUT2D eigenvalue weighted by Gasteiger charge is -2.36. The maximum Gasteiger partial charge on any atom is 0.256 e. The van der Waals surface area contributed by atoms with E-state index in [1.54, 1.807) is 0 Å². The van der Waals surface area contributed by atoms with Crippen LogP contribution in [0.1, 0.15) is 46.5 Å². The van der Waals surface area contributed by atoms with E-state index in [4.69, 9.17) is 4.74 Å². The first-order valence-electron chi connectivity index (χ1n) is 7.93. The highest BCUT2D eigenvalue weighted by Gasteiger charge is 2.35. The Labute approximate surface area is 129 Å². The van der Waals surface area contributed by atoms with Crippen LogP contribution >= 0.6 is 0 Å². The number of morpholine rings is 1. The van der Waals surface area contributed by atoms with Crippen LogP contribution in [0, 0.1) is 0 Å². The van der Waals surface area contributed by atoms with Gasteiger partial charge in [0, 0.05) is 37.4 Å². The number of carbonyl (C=O) groups excluding carboxylic acids is 1. The minimum absolute atomic E-state index is 0.0109. The van der Waals surface area contributed by atoms with Gasteiger partial charge < -0.3 is 19.2 Å². The molecule has 5 heteroatoms. The van der Waals surface area contributed by atoms with E-state index in [0.717, 1.165) is 17.0 Å². The molecule has 116 valence electrons. The van der Waals surface area contributed by atoms with Crippen molar-refractivity contribution in [1.82, 2.24) is 14.5 Å². The number of aromatic nitrogens is 2. The zero-order chi connectivity index (χ0) is 15.1. The summed E-state index contributed by atoms with van der Waals surface area (Å²) in [6.07, 6.45) is 6.27. The van der Waals surface area contributed by atoms with Crippen LogP contribution in [-0.2, 0) is 11.8 Å². The number of amides is 1. The highest BCUT2D eigenvalue weighted by atomic mass is 16.5. The number of ether oxygens (including phenoxy) is 1. The van der Waals surface area contributed by atoms with Gasteiger partial charge in [-0.3, -0.25) is 4.79 Å². The number of H-pyrrole nitrogens is 1. The van der Waals surface area contributed by atoms with Gasteiger partial charge in [0.05, 0.1) is 24.8 Å². The summed E-state index contributed by atoms with van der Waals surface area (Å²) in [6.45, 7) is 1.81. The van der Waals surface area contributed by atoms with E-state index in [-0.39, 0.29) is 11.9 Å². The van der Waals surface area contributed by atoms with E-state index in [0.29, 0.717) is 25.7 Å². The first-order valence-corrected chi connectivity index (χ1v) is 7.93. The van der Waals surface area contributed by atoms with Crippen LogP contribution in [0.15, 0.2) is 30.6 Å². The average molecular weight is 299 g/mol. The molecule has 2 aromatic heterocycles. The molecule has 1 aliphatic carbocycles. The zero-order valence-electron chi connectivity index (χ0n) is 12.8. The van der Waals surface area contributed by atoms with Crippen LogP contribution in [0.2, 0.25) is 0 Å². The lowest BCUT2D eigenvalue weighted by atomic mass is 10.1. The number of nitrogens with zero attached hydrogens (tertiary/aromatic N) is 2. The van der Waals surface area contributed by atoms with Crippen LogP contribution in [-0.4, -0.2) is 40.1 Å². The Bertz CT molecular complexity index is 684. The van der Waals surface area contributed by atoms with Gasteiger partial charge in [0.25, 0.3) is 5.91 Å². The van der Waals surface area contributed by atoms with Crippen molar-refractivity contribution >= 4 is 5.91 Å². The van der Waals surface area contributed by atoms with Crippen LogP contribution in [0.3, 0.4) is 0 Å². The lowest BCUT2D eigenvalue weighted by molar-refractivity contribution is -0.00468. The number of aryl methyl sites for hydroxylation is 1. The van der Waals surface area contributed by atoms with Crippen LogP contribution < -0.4 is 0 Å². The second-order valence-corrected chi connectivity index (χ2v) is 6.21. The molecule has 1 saturated carbocycles. The van der Waals surface area contributed by atoms with Crippen molar-refractivity contribution in [3.05, 3.63) is 47.5 Å². The minimum atomic E-state index is -0.0109. The average Bonchev–Trinajstić information content (AvgIpc) is 3.11. The fourth-order valence-electron chi connectivity index (χ4n) is 3.35. The molecule has 2 aliphatic rings. The second kappa shape index (κ2) is 5.32. The predicted molar refractivity (Wildman–Crippen MR) is 82.8 cm³/mol. The maximum atomic E-state index is 13.1. The molecule has 0 bridgehead atoms. The molecule has 0 aromatic carbocycles. The molecule has 1 atom stereocenters. The van der Waals surface area contributed by atoms with Gasteiger partial charge >= 0.3 is 0 Å². The monoisotopic (exact) mass is 299 g/mol. The molecule has 0 radical (unpaired) electrons. The smallest absolute Gasteiger partial charge is 0.256 e. The van der Waals surface area contributed by atoms with Gasteiger partial charge in [-0.25, -0.2) is 0 Å². The first kappa shape index (κ1) is 13.6. The van der Waals surface area contributed by atoms with E-state index < -0.39 is 0 Å². The third-order valence-corrected chi connectivity index (χ3v) is 4.71. The molecule has 1 N–H and O–H groups in total. The van der Waals surface area contributed by atoms with Crippen LogP contribution in [0.25, 0.3) is 0 Å². The Morgan fingerprint density at radius 1 is 1.36 bits per heavy atom. The Morgan fingerprint density at radius 2 is 2.23 bits per heavy atom. The molecule has 3 heterocycles. The standard InChI is InChI=1S/C17H21N3O2/c1-19-8-2-3-14(19)15-11-22-10-9-20(15)17(21)13-6-7-18-16(13)12-4-5-12/h2-3,6-8,12,15,18H,4-5,9-11H2,1H3. The maximum absolute atomic E-state index is 13.1. The summed E-state index contributed by atoms with van der Waals surface area (Å²) in [5, 5.41) is 0. The Hall–Kier alpha value is -2.01. The Kier molecular flexibility index (Phi) is 3.30. The largest absolute Gasteiger partial charge is 0.377 e. The summed E-state index contributed by atoms with van der Waals surface area (Å²) in [4.78, 5) is 18.3. The van der Waals surface area contributed by atoms with Crippen LogP contribution in [0.4, 0.5) is 0 Å². The summed E-state index contributed by atoms with van der Waals surface area (Å²) in [5.41, 5.74) is 3.07. The van der Waals surface area contributed by atoms with Gasteiger partial charge in [0.15, 0.2) is 0 Å². The van der Waals surface area contributed by atoms with E-state index >= 15 is 0 Å². The molecule has 1 amide bonds. The summed E-state index contributed by atoms with van der Waals surface area (Å²) < 4.78 is 7.70. The van der Waals surface area contributed by atoms with Gasteiger partial charge in [-0.05, 0) is 37.0 Å². The highest BCUT2D eigenvalue weighted by molar-refractivity contribution is 5.96. The van der Waals surface area contributed by atoms with E-state index in [2.05, 4.69) is 15.6 Å². The number of hydrogen-bond acceptors (Lipinski definition) is 2. The van der Waals surface area contributed by atoms with Crippen molar-refractivity contribution in [2.45, 2.75) is 24.8 Å². The summed E-state index contributed by atoms with van der Waals surface area (Å²) >= 11 is 0. The van der Waals surface area contributed by atoms with Gasteiger partial charge in [-0.15, -0.1) is 0 Å². The van der Waals surface area contributed by atoms with Crippen molar-refractivity contribution in [3.63, 3.8) is 0 Å². The van der Waals surface area contributed by atoms with Crippen molar-refractivity contribution in [3.8, 4) is 0 Å². The molecule has 5 nitrogen and oxygen atoms in total. The molecule has 1 saturated heterocycles. The quantitative estimate of drug-likeness (QED) is 0.946. The number of hydrogen-bond donors (Lipinski definition) is 1. The van der Waals surface area contributed by atoms with Crippen molar-refractivity contribution in [2.24, 2.45) is 7.05 Å². The van der Waals surface area contributed by atoms with Crippen LogP contribution in [0.5, 0.6) is 0 Å². The molecule has 22 heavy (non-hydrogen) atoms. The van der Waals surface area contributed by atoms with Gasteiger partial charge in [0.1, 0.15) is 0 Å². The second-order valence-electron chi connectivity index (χ2n) is 6.21. The molecule has 0 spiro atoms. The zero-order valence-corrected chi connectivity index (χ0v) is 12.8. The fraction of sp³-hybridized carbons (Fsp3) is 0.471. The van der Waals surface area contributed by atoms with E-state index in [1.807, 2.05) is 36.5 Å². The third-order valence-electron chi connectivity index (χ3n) is 4.71. The normalized spacial score (nSPS) is 22.0.